The fourth-order valence-electron chi connectivity index (χ4n) is 1.58. The van der Waals surface area contributed by atoms with Gasteiger partial charge in [0.15, 0.2) is 0 Å². The van der Waals surface area contributed by atoms with Crippen molar-refractivity contribution in [2.75, 3.05) is 19.6 Å². The van der Waals surface area contributed by atoms with Crippen LogP contribution in [0.3, 0.4) is 0 Å². The molecule has 0 unspecified atom stereocenters. The third-order valence-corrected chi connectivity index (χ3v) is 4.15. The maximum absolute atomic E-state index is 12.1. The van der Waals surface area contributed by atoms with E-state index in [9.17, 15) is 9.59 Å². The largest absolute Gasteiger partial charge is 0.354 e. The van der Waals surface area contributed by atoms with E-state index in [-0.39, 0.29) is 18.4 Å². The van der Waals surface area contributed by atoms with Crippen molar-refractivity contribution >= 4 is 45.7 Å². The fourth-order valence-corrected chi connectivity index (χ4v) is 2.90. The summed E-state index contributed by atoms with van der Waals surface area (Å²) >= 11 is 3.73. The summed E-state index contributed by atoms with van der Waals surface area (Å²) < 4.78 is 1.08. The highest BCUT2D eigenvalue weighted by molar-refractivity contribution is 14.1. The Bertz CT molecular complexity index is 419. The minimum absolute atomic E-state index is 0.0452. The molecule has 1 saturated heterocycles. The topological polar surface area (TPSA) is 49.4 Å². The van der Waals surface area contributed by atoms with Gasteiger partial charge in [-0.05, 0) is 35.1 Å². The van der Waals surface area contributed by atoms with Gasteiger partial charge in [-0.25, -0.2) is 0 Å². The second kappa shape index (κ2) is 5.13. The summed E-state index contributed by atoms with van der Waals surface area (Å²) in [5, 5.41) is 4.59. The van der Waals surface area contributed by atoms with Crippen LogP contribution in [-0.2, 0) is 4.79 Å². The number of carbonyl (C=O) groups is 2. The van der Waals surface area contributed by atoms with Crippen LogP contribution < -0.4 is 5.32 Å². The standard InChI is InChI=1S/C10H11IN2O2S/c11-8-4-7(6-16-8)10(15)13-3-1-2-12-9(14)5-13/h4,6H,1-3,5H2,(H,12,14). The number of hydrogen-bond acceptors (Lipinski definition) is 3. The molecular formula is C10H11IN2O2S. The van der Waals surface area contributed by atoms with Crippen LogP contribution in [0.2, 0.25) is 0 Å². The Morgan fingerprint density at radius 3 is 3.06 bits per heavy atom. The second-order valence-corrected chi connectivity index (χ2v) is 6.38. The van der Waals surface area contributed by atoms with Gasteiger partial charge in [0.05, 0.1) is 15.0 Å². The number of nitrogens with zero attached hydrogens (tertiary/aromatic N) is 1. The van der Waals surface area contributed by atoms with E-state index in [4.69, 9.17) is 0 Å². The molecule has 0 bridgehead atoms. The number of nitrogens with one attached hydrogen (secondary N) is 1. The number of hydrogen-bond donors (Lipinski definition) is 1. The first-order valence-corrected chi connectivity index (χ1v) is 6.92. The lowest BCUT2D eigenvalue weighted by Crippen LogP contribution is -2.37. The van der Waals surface area contributed by atoms with E-state index in [0.29, 0.717) is 18.7 Å². The van der Waals surface area contributed by atoms with E-state index in [1.165, 1.54) is 0 Å². The average molecular weight is 350 g/mol. The van der Waals surface area contributed by atoms with Gasteiger partial charge in [-0.3, -0.25) is 9.59 Å². The zero-order valence-corrected chi connectivity index (χ0v) is 11.5. The molecule has 2 amide bonds. The van der Waals surface area contributed by atoms with Crippen LogP contribution in [0.25, 0.3) is 0 Å². The van der Waals surface area contributed by atoms with Gasteiger partial charge in [-0.15, -0.1) is 11.3 Å². The molecule has 2 heterocycles. The van der Waals surface area contributed by atoms with Gasteiger partial charge >= 0.3 is 0 Å². The van der Waals surface area contributed by atoms with Crippen molar-refractivity contribution < 1.29 is 9.59 Å². The molecule has 0 spiro atoms. The number of amides is 2. The first-order valence-electron chi connectivity index (χ1n) is 4.97. The normalized spacial score (nSPS) is 16.8. The highest BCUT2D eigenvalue weighted by Gasteiger charge is 2.21. The summed E-state index contributed by atoms with van der Waals surface area (Å²) in [5.41, 5.74) is 0.684. The Morgan fingerprint density at radius 2 is 2.38 bits per heavy atom. The molecule has 4 nitrogen and oxygen atoms in total. The first kappa shape index (κ1) is 11.8. The number of rotatable bonds is 1. The van der Waals surface area contributed by atoms with E-state index in [1.807, 2.05) is 11.4 Å². The lowest BCUT2D eigenvalue weighted by atomic mass is 10.3. The van der Waals surface area contributed by atoms with Crippen molar-refractivity contribution in [1.29, 1.82) is 0 Å². The molecule has 16 heavy (non-hydrogen) atoms. The summed E-state index contributed by atoms with van der Waals surface area (Å²) in [6, 6.07) is 1.86. The SMILES string of the molecule is O=C1CN(C(=O)c2csc(I)c2)CCCN1. The molecule has 1 aromatic heterocycles. The van der Waals surface area contributed by atoms with Crippen LogP contribution >= 0.6 is 33.9 Å². The molecular weight excluding hydrogens is 339 g/mol. The van der Waals surface area contributed by atoms with Gasteiger partial charge in [0, 0.05) is 18.5 Å². The highest BCUT2D eigenvalue weighted by Crippen LogP contribution is 2.18. The Kier molecular flexibility index (Phi) is 3.80. The number of carbonyl (C=O) groups excluding carboxylic acids is 2. The van der Waals surface area contributed by atoms with Crippen LogP contribution in [-0.4, -0.2) is 36.3 Å². The van der Waals surface area contributed by atoms with E-state index in [2.05, 4.69) is 27.9 Å². The van der Waals surface area contributed by atoms with Gasteiger partial charge in [0.25, 0.3) is 5.91 Å². The summed E-state index contributed by atoms with van der Waals surface area (Å²) in [6.45, 7) is 1.47. The van der Waals surface area contributed by atoms with Crippen molar-refractivity contribution in [2.45, 2.75) is 6.42 Å². The molecule has 2 rings (SSSR count). The third kappa shape index (κ3) is 2.73. The maximum atomic E-state index is 12.1. The molecule has 6 heteroatoms. The van der Waals surface area contributed by atoms with Gasteiger partial charge in [-0.1, -0.05) is 0 Å². The average Bonchev–Trinajstić information content (AvgIpc) is 2.56. The zero-order chi connectivity index (χ0) is 11.5. The predicted molar refractivity (Wildman–Crippen MR) is 70.6 cm³/mol. The van der Waals surface area contributed by atoms with Gasteiger partial charge in [-0.2, -0.15) is 0 Å². The summed E-state index contributed by atoms with van der Waals surface area (Å²) in [5.74, 6) is -0.119. The molecule has 86 valence electrons. The minimum atomic E-state index is -0.0734. The van der Waals surface area contributed by atoms with E-state index in [0.717, 1.165) is 9.30 Å². The lowest BCUT2D eigenvalue weighted by Gasteiger charge is -2.17. The molecule has 1 aromatic rings. The minimum Gasteiger partial charge on any atom is -0.354 e. The molecule has 0 radical (unpaired) electrons. The summed E-state index contributed by atoms with van der Waals surface area (Å²) in [6.07, 6.45) is 0.818. The quantitative estimate of drug-likeness (QED) is 0.777. The van der Waals surface area contributed by atoms with Crippen LogP contribution in [0.5, 0.6) is 0 Å². The highest BCUT2D eigenvalue weighted by atomic mass is 127. The molecule has 1 N–H and O–H groups in total. The van der Waals surface area contributed by atoms with E-state index in [1.54, 1.807) is 16.2 Å². The Labute approximate surface area is 111 Å². The van der Waals surface area contributed by atoms with Gasteiger partial charge in [0.2, 0.25) is 5.91 Å². The lowest BCUT2D eigenvalue weighted by molar-refractivity contribution is -0.121. The first-order chi connectivity index (χ1) is 7.66. The second-order valence-electron chi connectivity index (χ2n) is 3.57. The van der Waals surface area contributed by atoms with Crippen LogP contribution in [0, 0.1) is 2.88 Å². The molecule has 0 aromatic carbocycles. The van der Waals surface area contributed by atoms with Crippen molar-refractivity contribution in [2.24, 2.45) is 0 Å². The number of thiophene rings is 1. The van der Waals surface area contributed by atoms with Crippen molar-refractivity contribution in [3.8, 4) is 0 Å². The van der Waals surface area contributed by atoms with E-state index < -0.39 is 0 Å². The fraction of sp³-hybridized carbons (Fsp3) is 0.400. The molecule has 0 aliphatic carbocycles. The zero-order valence-electron chi connectivity index (χ0n) is 8.53. The maximum Gasteiger partial charge on any atom is 0.255 e. The third-order valence-electron chi connectivity index (χ3n) is 2.36. The van der Waals surface area contributed by atoms with Crippen LogP contribution in [0.4, 0.5) is 0 Å². The smallest absolute Gasteiger partial charge is 0.255 e. The molecule has 1 aliphatic rings. The molecule has 1 fully saturated rings. The molecule has 0 saturated carbocycles. The Hall–Kier alpha value is -0.630. The Morgan fingerprint density at radius 1 is 1.56 bits per heavy atom. The summed E-state index contributed by atoms with van der Waals surface area (Å²) in [4.78, 5) is 25.0. The summed E-state index contributed by atoms with van der Waals surface area (Å²) in [7, 11) is 0. The van der Waals surface area contributed by atoms with Gasteiger partial charge in [0.1, 0.15) is 0 Å². The van der Waals surface area contributed by atoms with E-state index >= 15 is 0 Å². The Balaban J connectivity index is 2.11. The van der Waals surface area contributed by atoms with Crippen LogP contribution in [0.1, 0.15) is 16.8 Å². The van der Waals surface area contributed by atoms with Crippen molar-refractivity contribution in [3.63, 3.8) is 0 Å². The van der Waals surface area contributed by atoms with Gasteiger partial charge < -0.3 is 10.2 Å². The molecule has 0 atom stereocenters. The number of halogens is 1. The van der Waals surface area contributed by atoms with Crippen LogP contribution in [0.15, 0.2) is 11.4 Å². The van der Waals surface area contributed by atoms with Crippen molar-refractivity contribution in [3.05, 3.63) is 19.9 Å². The monoisotopic (exact) mass is 350 g/mol. The predicted octanol–water partition coefficient (Wildman–Crippen LogP) is 1.31. The van der Waals surface area contributed by atoms with Crippen molar-refractivity contribution in [1.82, 2.24) is 10.2 Å². The molecule has 1 aliphatic heterocycles.